The van der Waals surface area contributed by atoms with Gasteiger partial charge in [-0.3, -0.25) is 9.69 Å². The molecule has 0 aromatic heterocycles. The first-order chi connectivity index (χ1) is 12.5. The van der Waals surface area contributed by atoms with Crippen LogP contribution in [0.4, 0.5) is 14.9 Å². The van der Waals surface area contributed by atoms with E-state index in [9.17, 15) is 14.0 Å². The molecule has 9 heteroatoms. The van der Waals surface area contributed by atoms with Crippen molar-refractivity contribution in [1.82, 2.24) is 9.79 Å². The van der Waals surface area contributed by atoms with Crippen LogP contribution in [0.15, 0.2) is 18.2 Å². The molecule has 2 fully saturated rings. The number of carbonyl (C=O) groups is 2. The first-order valence-corrected chi connectivity index (χ1v) is 9.60. The van der Waals surface area contributed by atoms with Gasteiger partial charge in [-0.25, -0.2) is 9.18 Å². The standard InChI is InChI=1S/C17H22FN3O4S/c1-12(22)19-26-11-14-10-21(17(23)24-14)13-5-6-16(15(18)9-13)25-20-7-3-2-4-8-20/h5-6,9,14H,2-4,7-8,10-11H2,1H3,(H,19,22)/t14-/m0/s1. The molecule has 0 unspecified atom stereocenters. The lowest BCUT2D eigenvalue weighted by atomic mass is 10.2. The average molecular weight is 383 g/mol. The molecule has 2 aliphatic heterocycles. The number of benzene rings is 1. The lowest BCUT2D eigenvalue weighted by molar-refractivity contribution is -0.117. The number of amides is 2. The second kappa shape index (κ2) is 8.59. The van der Waals surface area contributed by atoms with Gasteiger partial charge in [0, 0.05) is 26.1 Å². The second-order valence-electron chi connectivity index (χ2n) is 6.28. The van der Waals surface area contributed by atoms with Crippen molar-refractivity contribution in [2.75, 3.05) is 30.3 Å². The Labute approximate surface area is 155 Å². The van der Waals surface area contributed by atoms with E-state index in [1.165, 1.54) is 42.3 Å². The highest BCUT2D eigenvalue weighted by Gasteiger charge is 2.33. The van der Waals surface area contributed by atoms with Crippen molar-refractivity contribution >= 4 is 29.6 Å². The van der Waals surface area contributed by atoms with Crippen molar-refractivity contribution in [1.29, 1.82) is 0 Å². The maximum Gasteiger partial charge on any atom is 0.414 e. The summed E-state index contributed by atoms with van der Waals surface area (Å²) in [4.78, 5) is 29.9. The summed E-state index contributed by atoms with van der Waals surface area (Å²) in [5.41, 5.74) is 0.422. The van der Waals surface area contributed by atoms with Crippen LogP contribution in [0, 0.1) is 5.82 Å². The molecule has 26 heavy (non-hydrogen) atoms. The topological polar surface area (TPSA) is 71.1 Å². The molecule has 0 radical (unpaired) electrons. The van der Waals surface area contributed by atoms with Crippen molar-refractivity contribution in [3.8, 4) is 5.75 Å². The number of hydroxylamine groups is 2. The van der Waals surface area contributed by atoms with E-state index in [0.717, 1.165) is 25.9 Å². The van der Waals surface area contributed by atoms with Crippen LogP contribution in [0.25, 0.3) is 0 Å². The van der Waals surface area contributed by atoms with Gasteiger partial charge in [-0.05, 0) is 36.9 Å². The summed E-state index contributed by atoms with van der Waals surface area (Å²) in [7, 11) is 0. The molecule has 142 valence electrons. The number of cyclic esters (lactones) is 1. The zero-order valence-electron chi connectivity index (χ0n) is 14.6. The third-order valence-corrected chi connectivity index (χ3v) is 5.10. The Hall–Kier alpha value is -2.00. The zero-order chi connectivity index (χ0) is 18.5. The Balaban J connectivity index is 1.59. The fourth-order valence-electron chi connectivity index (χ4n) is 2.88. The average Bonchev–Trinajstić information content (AvgIpc) is 2.98. The molecule has 2 amide bonds. The van der Waals surface area contributed by atoms with Gasteiger partial charge >= 0.3 is 6.09 Å². The molecule has 2 saturated heterocycles. The number of piperidine rings is 1. The monoisotopic (exact) mass is 383 g/mol. The molecule has 2 heterocycles. The molecule has 1 aromatic carbocycles. The van der Waals surface area contributed by atoms with Crippen molar-refractivity contribution < 1.29 is 23.6 Å². The summed E-state index contributed by atoms with van der Waals surface area (Å²) >= 11 is 1.18. The number of carbonyl (C=O) groups excluding carboxylic acids is 2. The molecule has 0 bridgehead atoms. The fraction of sp³-hybridized carbons (Fsp3) is 0.529. The smallest absolute Gasteiger partial charge is 0.414 e. The number of rotatable bonds is 6. The van der Waals surface area contributed by atoms with Gasteiger partial charge in [-0.2, -0.15) is 0 Å². The fourth-order valence-corrected chi connectivity index (χ4v) is 3.53. The summed E-state index contributed by atoms with van der Waals surface area (Å²) in [6.07, 6.45) is 2.35. The number of hydrogen-bond donors (Lipinski definition) is 1. The van der Waals surface area contributed by atoms with Crippen molar-refractivity contribution in [3.63, 3.8) is 0 Å². The molecule has 1 N–H and O–H groups in total. The lowest BCUT2D eigenvalue weighted by Crippen LogP contribution is -2.33. The van der Waals surface area contributed by atoms with Crippen LogP contribution in [0.1, 0.15) is 26.2 Å². The second-order valence-corrected chi connectivity index (χ2v) is 7.11. The molecular weight excluding hydrogens is 361 g/mol. The number of halogens is 1. The Kier molecular flexibility index (Phi) is 6.20. The molecule has 1 aromatic rings. The highest BCUT2D eigenvalue weighted by atomic mass is 32.2. The van der Waals surface area contributed by atoms with Crippen molar-refractivity contribution in [2.24, 2.45) is 0 Å². The highest BCUT2D eigenvalue weighted by molar-refractivity contribution is 7.97. The quantitative estimate of drug-likeness (QED) is 0.762. The molecular formula is C17H22FN3O4S. The molecule has 7 nitrogen and oxygen atoms in total. The van der Waals surface area contributed by atoms with E-state index in [1.807, 2.05) is 0 Å². The van der Waals surface area contributed by atoms with Gasteiger partial charge in [-0.15, -0.1) is 5.06 Å². The predicted molar refractivity (Wildman–Crippen MR) is 96.3 cm³/mol. The van der Waals surface area contributed by atoms with Crippen LogP contribution in [0.3, 0.4) is 0 Å². The molecule has 0 spiro atoms. The summed E-state index contributed by atoms with van der Waals surface area (Å²) in [6, 6.07) is 4.46. The molecule has 0 aliphatic carbocycles. The maximum absolute atomic E-state index is 14.4. The van der Waals surface area contributed by atoms with Crippen LogP contribution in [0.5, 0.6) is 5.75 Å². The van der Waals surface area contributed by atoms with Crippen LogP contribution >= 0.6 is 11.9 Å². The normalized spacial score (nSPS) is 20.8. The minimum absolute atomic E-state index is 0.154. The van der Waals surface area contributed by atoms with E-state index < -0.39 is 11.9 Å². The van der Waals surface area contributed by atoms with Gasteiger partial charge in [0.2, 0.25) is 5.91 Å². The van der Waals surface area contributed by atoms with Crippen LogP contribution < -0.4 is 14.5 Å². The minimum Gasteiger partial charge on any atom is -0.443 e. The summed E-state index contributed by atoms with van der Waals surface area (Å²) in [5.74, 6) is -0.0963. The summed E-state index contributed by atoms with van der Waals surface area (Å²) < 4.78 is 22.2. The van der Waals surface area contributed by atoms with E-state index in [0.29, 0.717) is 18.0 Å². The first-order valence-electron chi connectivity index (χ1n) is 8.62. The van der Waals surface area contributed by atoms with Crippen LogP contribution in [-0.4, -0.2) is 48.6 Å². The zero-order valence-corrected chi connectivity index (χ0v) is 15.4. The first kappa shape index (κ1) is 18.8. The van der Waals surface area contributed by atoms with E-state index >= 15 is 0 Å². The Morgan fingerprint density at radius 2 is 2.15 bits per heavy atom. The Bertz CT molecular complexity index is 669. The Morgan fingerprint density at radius 1 is 1.38 bits per heavy atom. The number of nitrogens with zero attached hydrogens (tertiary/aromatic N) is 2. The number of ether oxygens (including phenoxy) is 1. The van der Waals surface area contributed by atoms with Crippen molar-refractivity contribution in [3.05, 3.63) is 24.0 Å². The molecule has 1 atom stereocenters. The van der Waals surface area contributed by atoms with Gasteiger partial charge in [-0.1, -0.05) is 6.42 Å². The molecule has 2 aliphatic rings. The maximum atomic E-state index is 14.4. The summed E-state index contributed by atoms with van der Waals surface area (Å²) in [6.45, 7) is 3.29. The van der Waals surface area contributed by atoms with Gasteiger partial charge in [0.15, 0.2) is 11.6 Å². The number of nitrogens with one attached hydrogen (secondary N) is 1. The van der Waals surface area contributed by atoms with E-state index in [4.69, 9.17) is 9.57 Å². The third-order valence-electron chi connectivity index (χ3n) is 4.13. The predicted octanol–water partition coefficient (Wildman–Crippen LogP) is 2.71. The van der Waals surface area contributed by atoms with Gasteiger partial charge in [0.1, 0.15) is 6.10 Å². The highest BCUT2D eigenvalue weighted by Crippen LogP contribution is 2.28. The van der Waals surface area contributed by atoms with E-state index in [-0.39, 0.29) is 17.8 Å². The van der Waals surface area contributed by atoms with E-state index in [2.05, 4.69) is 4.72 Å². The largest absolute Gasteiger partial charge is 0.443 e. The lowest BCUT2D eigenvalue weighted by Gasteiger charge is -2.26. The van der Waals surface area contributed by atoms with Crippen LogP contribution in [-0.2, 0) is 9.53 Å². The van der Waals surface area contributed by atoms with E-state index in [1.54, 1.807) is 11.1 Å². The van der Waals surface area contributed by atoms with Gasteiger partial charge < -0.3 is 14.3 Å². The minimum atomic E-state index is -0.525. The van der Waals surface area contributed by atoms with Crippen molar-refractivity contribution in [2.45, 2.75) is 32.3 Å². The van der Waals surface area contributed by atoms with Crippen LogP contribution in [0.2, 0.25) is 0 Å². The third kappa shape index (κ3) is 4.79. The van der Waals surface area contributed by atoms with Gasteiger partial charge in [0.25, 0.3) is 0 Å². The molecule has 0 saturated carbocycles. The number of anilines is 1. The summed E-state index contributed by atoms with van der Waals surface area (Å²) in [5, 5.41) is 1.76. The molecule has 3 rings (SSSR count). The van der Waals surface area contributed by atoms with Gasteiger partial charge in [0.05, 0.1) is 18.0 Å². The SMILES string of the molecule is CC(=O)NSC[C@@H]1CN(c2ccc(ON3CCCCC3)c(F)c2)C(=O)O1. The Morgan fingerprint density at radius 3 is 2.85 bits per heavy atom. The number of hydrogen-bond acceptors (Lipinski definition) is 6.